The number of esters is 1. The Balaban J connectivity index is 0. The van der Waals surface area contributed by atoms with Gasteiger partial charge in [0, 0.05) is 25.5 Å². The Morgan fingerprint density at radius 2 is 2.00 bits per heavy atom. The summed E-state index contributed by atoms with van der Waals surface area (Å²) in [5.41, 5.74) is 0.759. The second-order valence-corrected chi connectivity index (χ2v) is 5.31. The number of pyridine rings is 1. The van der Waals surface area contributed by atoms with Gasteiger partial charge in [0.15, 0.2) is 0 Å². The van der Waals surface area contributed by atoms with E-state index in [9.17, 15) is 14.4 Å². The van der Waals surface area contributed by atoms with E-state index in [2.05, 4.69) is 24.1 Å². The van der Waals surface area contributed by atoms with E-state index in [0.717, 1.165) is 12.0 Å². The average Bonchev–Trinajstić information content (AvgIpc) is 2.60. The van der Waals surface area contributed by atoms with Crippen molar-refractivity contribution in [2.75, 3.05) is 26.2 Å². The maximum absolute atomic E-state index is 12.3. The Bertz CT molecular complexity index is 500. The number of carbonyl (C=O) groups excluding carboxylic acids is 3. The Hall–Kier alpha value is -3.44. The van der Waals surface area contributed by atoms with Crippen LogP contribution in [0.5, 0.6) is 0 Å². The van der Waals surface area contributed by atoms with Crippen LogP contribution in [0, 0.1) is 0 Å². The number of ether oxygens (including phenoxy) is 1. The zero-order chi connectivity index (χ0) is 18.9. The summed E-state index contributed by atoms with van der Waals surface area (Å²) in [6, 6.07) is 3.53. The van der Waals surface area contributed by atoms with E-state index in [0.29, 0.717) is 6.61 Å². The monoisotopic (exact) mass is 607 g/mol. The quantitative estimate of drug-likeness (QED) is 0.189. The third kappa shape index (κ3) is 12.0. The summed E-state index contributed by atoms with van der Waals surface area (Å²) < 4.78 is 4.99. The maximum Gasteiger partial charge on any atom is 0.325 e. The standard InChI is InChI=1S/C15H20N3O4.C3H8.Fm/c1-2-8-22-15(21)11-18(7-6-17-12-19)14(20)9-13-4-3-5-16-10-13;1-3-2;/h3-5,10H,2,6-9,11H2,1H3,(H,17,19);3H2,1-2H3;/q-1;;. The fourth-order valence-corrected chi connectivity index (χ4v) is 1.74. The molecule has 0 radical (unpaired) electrons. The zero-order valence-corrected chi connectivity index (χ0v) is 18.0. The van der Waals surface area contributed by atoms with Crippen LogP contribution in [0.4, 0.5) is 0 Å². The topological polar surface area (TPSA) is 88.6 Å². The van der Waals surface area contributed by atoms with E-state index in [4.69, 9.17) is 4.74 Å². The molecule has 0 bridgehead atoms. The van der Waals surface area contributed by atoms with E-state index < -0.39 is 5.97 Å². The normalized spacial score (nSPS) is 9.04. The largest absolute Gasteiger partial charge is 0.528 e. The van der Waals surface area contributed by atoms with Gasteiger partial charge in [-0.05, 0) is 18.1 Å². The molecule has 7 nitrogen and oxygen atoms in total. The molecule has 0 aliphatic rings. The smallest absolute Gasteiger partial charge is 0.325 e. The molecule has 1 N–H and O–H groups in total. The molecule has 152 valence electrons. The van der Waals surface area contributed by atoms with Crippen molar-refractivity contribution < 1.29 is 19.1 Å². The van der Waals surface area contributed by atoms with Gasteiger partial charge in [-0.25, -0.2) is 0 Å². The van der Waals surface area contributed by atoms with E-state index in [1.165, 1.54) is 17.7 Å². The van der Waals surface area contributed by atoms with Crippen molar-refractivity contribution in [1.29, 1.82) is 0 Å². The molecule has 0 saturated carbocycles. The molecular formula is C18H28FmN3O4-. The van der Waals surface area contributed by atoms with Crippen molar-refractivity contribution in [1.82, 2.24) is 15.2 Å². The van der Waals surface area contributed by atoms with Gasteiger partial charge >= 0.3 is 5.97 Å². The van der Waals surface area contributed by atoms with Gasteiger partial charge < -0.3 is 19.7 Å². The maximum atomic E-state index is 12.3. The molecule has 1 aromatic rings. The molecule has 0 aliphatic heterocycles. The Labute approximate surface area is 149 Å². The van der Waals surface area contributed by atoms with Crippen LogP contribution < -0.4 is 5.32 Å². The minimum Gasteiger partial charge on any atom is -0.528 e. The van der Waals surface area contributed by atoms with Gasteiger partial charge in [-0.1, -0.05) is 33.3 Å². The van der Waals surface area contributed by atoms with Crippen molar-refractivity contribution in [2.45, 2.75) is 40.0 Å². The van der Waals surface area contributed by atoms with Gasteiger partial charge in [0.1, 0.15) is 6.54 Å². The van der Waals surface area contributed by atoms with Crippen LogP contribution in [0.1, 0.15) is 39.2 Å². The molecular weight excluding hydrogens is 579 g/mol. The van der Waals surface area contributed by atoms with Crippen LogP contribution in [0.2, 0.25) is 0 Å². The SMILES string of the molecule is CCC.CCCOC(=O)CN(CCN[C-]=O)C(=O)Cc1cccnc1.[Fm]. The second-order valence-electron chi connectivity index (χ2n) is 5.31. The van der Waals surface area contributed by atoms with Crippen molar-refractivity contribution in [3.63, 3.8) is 0 Å². The Kier molecular flexibility index (Phi) is 15.7. The molecule has 0 spiro atoms. The van der Waals surface area contributed by atoms with Gasteiger partial charge in [-0.2, -0.15) is 6.41 Å². The summed E-state index contributed by atoms with van der Waals surface area (Å²) in [6.07, 6.45) is 6.87. The number of carbonyl (C=O) groups is 2. The van der Waals surface area contributed by atoms with Crippen LogP contribution in [0.25, 0.3) is 0 Å². The molecule has 2 amide bonds. The van der Waals surface area contributed by atoms with Crippen LogP contribution in [-0.4, -0.2) is 54.4 Å². The molecule has 0 saturated heterocycles. The zero-order valence-electron chi connectivity index (χ0n) is 15.6. The molecule has 1 aromatic heterocycles. The first-order chi connectivity index (χ1) is 12.1. The van der Waals surface area contributed by atoms with Gasteiger partial charge in [0.2, 0.25) is 5.91 Å². The summed E-state index contributed by atoms with van der Waals surface area (Å²) >= 11 is 0. The third-order valence-corrected chi connectivity index (χ3v) is 2.80. The van der Waals surface area contributed by atoms with Crippen molar-refractivity contribution >= 4 is 18.3 Å². The van der Waals surface area contributed by atoms with E-state index >= 15 is 0 Å². The molecule has 0 fully saturated rings. The fraction of sp³-hybridized carbons (Fsp3) is 0.556. The van der Waals surface area contributed by atoms with Crippen molar-refractivity contribution in [3.8, 4) is 0 Å². The first kappa shape index (κ1) is 24.8. The molecule has 26 heavy (non-hydrogen) atoms. The first-order valence-corrected chi connectivity index (χ1v) is 8.51. The first-order valence-electron chi connectivity index (χ1n) is 8.51. The van der Waals surface area contributed by atoms with Crippen molar-refractivity contribution in [3.05, 3.63) is 30.1 Å². The summed E-state index contributed by atoms with van der Waals surface area (Å²) in [4.78, 5) is 39.4. The number of amides is 2. The number of hydrogen-bond acceptors (Lipinski definition) is 5. The summed E-state index contributed by atoms with van der Waals surface area (Å²) in [6.45, 7) is 6.77. The molecule has 0 aliphatic carbocycles. The van der Waals surface area contributed by atoms with Crippen LogP contribution >= 0.6 is 0 Å². The number of nitrogens with zero attached hydrogens (tertiary/aromatic N) is 2. The molecule has 0 unspecified atom stereocenters. The predicted octanol–water partition coefficient (Wildman–Crippen LogP) is 1.48. The van der Waals surface area contributed by atoms with Gasteiger partial charge in [-0.3, -0.25) is 14.6 Å². The Morgan fingerprint density at radius 3 is 2.54 bits per heavy atom. The Morgan fingerprint density at radius 1 is 1.31 bits per heavy atom. The molecule has 0 aromatic carbocycles. The van der Waals surface area contributed by atoms with E-state index in [1.54, 1.807) is 24.5 Å². The summed E-state index contributed by atoms with van der Waals surface area (Å²) in [5.74, 6) is -0.689. The van der Waals surface area contributed by atoms with Crippen LogP contribution in [0.3, 0.4) is 0 Å². The second kappa shape index (κ2) is 16.4. The molecule has 0 atom stereocenters. The van der Waals surface area contributed by atoms with E-state index in [-0.39, 0.29) is 32.0 Å². The number of hydrogen-bond donors (Lipinski definition) is 1. The molecule has 1 rings (SSSR count). The minimum absolute atomic E-state index is 0. The van der Waals surface area contributed by atoms with Crippen LogP contribution in [-0.2, 0) is 25.5 Å². The number of rotatable bonds is 10. The minimum atomic E-state index is -0.462. The molecule has 8 heteroatoms. The van der Waals surface area contributed by atoms with Crippen molar-refractivity contribution in [2.24, 2.45) is 0 Å². The van der Waals surface area contributed by atoms with E-state index in [1.807, 2.05) is 6.92 Å². The molecule has 1 heterocycles. The van der Waals surface area contributed by atoms with Crippen LogP contribution in [0.15, 0.2) is 24.5 Å². The predicted molar refractivity (Wildman–Crippen MR) is 95.4 cm³/mol. The number of nitrogens with one attached hydrogen (secondary N) is 1. The van der Waals surface area contributed by atoms with Gasteiger partial charge in [-0.15, -0.1) is 0 Å². The third-order valence-electron chi connectivity index (χ3n) is 2.80. The average molecular weight is 607 g/mol. The summed E-state index contributed by atoms with van der Waals surface area (Å²) in [7, 11) is 0. The number of aromatic nitrogens is 1. The van der Waals surface area contributed by atoms with Gasteiger partial charge in [0.25, 0.3) is 0 Å². The summed E-state index contributed by atoms with van der Waals surface area (Å²) in [5, 5.41) is 2.35. The fourth-order valence-electron chi connectivity index (χ4n) is 1.74. The van der Waals surface area contributed by atoms with Gasteiger partial charge in [0.05, 0.1) is 13.0 Å².